The first kappa shape index (κ1) is 18.3. The molecule has 0 unspecified atom stereocenters. The maximum absolute atomic E-state index is 13.0. The molecule has 124 valence electrons. The Morgan fingerprint density at radius 2 is 1.74 bits per heavy atom. The molecule has 4 nitrogen and oxygen atoms in total. The summed E-state index contributed by atoms with van der Waals surface area (Å²) in [5.74, 6) is -1.76. The van der Waals surface area contributed by atoms with Gasteiger partial charge in [0, 0.05) is 0 Å². The molecule has 1 rings (SSSR count). The molecule has 0 radical (unpaired) electrons. The smallest absolute Gasteiger partial charge is 0.430 e. The SMILES string of the molecule is N#C/C(=C\c1ccc(OC(F)(F)[C@@H](F)C(F)(F)F)cc1)C(N)=O. The highest BCUT2D eigenvalue weighted by molar-refractivity contribution is 6.00. The van der Waals surface area contributed by atoms with E-state index in [0.29, 0.717) is 0 Å². The zero-order chi connectivity index (χ0) is 17.8. The van der Waals surface area contributed by atoms with Crippen LogP contribution in [0.15, 0.2) is 29.8 Å². The van der Waals surface area contributed by atoms with E-state index in [0.717, 1.165) is 30.3 Å². The minimum Gasteiger partial charge on any atom is -0.430 e. The number of carbonyl (C=O) groups is 1. The first-order valence-corrected chi connectivity index (χ1v) is 5.76. The summed E-state index contributed by atoms with van der Waals surface area (Å²) in [7, 11) is 0. The third-order valence-electron chi connectivity index (χ3n) is 2.41. The third-order valence-corrected chi connectivity index (χ3v) is 2.41. The van der Waals surface area contributed by atoms with Crippen molar-refractivity contribution in [2.75, 3.05) is 0 Å². The topological polar surface area (TPSA) is 76.1 Å². The zero-order valence-electron chi connectivity index (χ0n) is 11.1. The molecule has 0 bridgehead atoms. The number of benzene rings is 1. The highest BCUT2D eigenvalue weighted by atomic mass is 19.4. The van der Waals surface area contributed by atoms with E-state index in [1.165, 1.54) is 6.07 Å². The van der Waals surface area contributed by atoms with Crippen LogP contribution in [-0.4, -0.2) is 24.4 Å². The molecule has 23 heavy (non-hydrogen) atoms. The van der Waals surface area contributed by atoms with Gasteiger partial charge >= 0.3 is 12.3 Å². The monoisotopic (exact) mass is 338 g/mol. The Balaban J connectivity index is 2.94. The molecule has 0 aliphatic carbocycles. The van der Waals surface area contributed by atoms with Crippen molar-refractivity contribution in [3.8, 4) is 11.8 Å². The molecular weight excluding hydrogens is 330 g/mol. The average Bonchev–Trinajstić information content (AvgIpc) is 2.44. The first-order chi connectivity index (χ1) is 10.5. The summed E-state index contributed by atoms with van der Waals surface area (Å²) in [5.41, 5.74) is 4.62. The van der Waals surface area contributed by atoms with Crippen LogP contribution in [0, 0.1) is 11.3 Å². The summed E-state index contributed by atoms with van der Waals surface area (Å²) in [6.45, 7) is 0. The molecule has 2 N–H and O–H groups in total. The summed E-state index contributed by atoms with van der Waals surface area (Å²) in [4.78, 5) is 10.8. The van der Waals surface area contributed by atoms with Crippen molar-refractivity contribution in [1.29, 1.82) is 5.26 Å². The van der Waals surface area contributed by atoms with Gasteiger partial charge in [-0.25, -0.2) is 4.39 Å². The van der Waals surface area contributed by atoms with Gasteiger partial charge in [0.05, 0.1) is 0 Å². The van der Waals surface area contributed by atoms with E-state index in [9.17, 15) is 31.1 Å². The van der Waals surface area contributed by atoms with Crippen LogP contribution in [0.5, 0.6) is 5.75 Å². The van der Waals surface area contributed by atoms with E-state index >= 15 is 0 Å². The van der Waals surface area contributed by atoms with Gasteiger partial charge in [-0.2, -0.15) is 27.2 Å². The molecule has 1 aromatic rings. The quantitative estimate of drug-likeness (QED) is 0.509. The van der Waals surface area contributed by atoms with E-state index in [-0.39, 0.29) is 5.56 Å². The average molecular weight is 338 g/mol. The van der Waals surface area contributed by atoms with Crippen LogP contribution in [0.3, 0.4) is 0 Å². The number of hydrogen-bond acceptors (Lipinski definition) is 3. The van der Waals surface area contributed by atoms with Crippen molar-refractivity contribution in [1.82, 2.24) is 0 Å². The van der Waals surface area contributed by atoms with Crippen LogP contribution in [0.4, 0.5) is 26.3 Å². The number of rotatable bonds is 5. The van der Waals surface area contributed by atoms with Crippen molar-refractivity contribution in [2.45, 2.75) is 18.5 Å². The molecule has 1 aromatic carbocycles. The Morgan fingerprint density at radius 3 is 2.13 bits per heavy atom. The van der Waals surface area contributed by atoms with E-state index in [1.807, 2.05) is 0 Å². The summed E-state index contributed by atoms with van der Waals surface area (Å²) < 4.78 is 78.3. The Hall–Kier alpha value is -2.70. The van der Waals surface area contributed by atoms with Crippen LogP contribution in [0.1, 0.15) is 5.56 Å². The van der Waals surface area contributed by atoms with Gasteiger partial charge in [0.25, 0.3) is 12.1 Å². The fourth-order valence-corrected chi connectivity index (χ4v) is 1.36. The number of alkyl halides is 6. The van der Waals surface area contributed by atoms with Gasteiger partial charge in [-0.1, -0.05) is 12.1 Å². The lowest BCUT2D eigenvalue weighted by molar-refractivity contribution is -0.304. The number of halogens is 6. The molecule has 0 saturated carbocycles. The van der Waals surface area contributed by atoms with Gasteiger partial charge in [-0.15, -0.1) is 0 Å². The van der Waals surface area contributed by atoms with Gasteiger partial charge in [0.15, 0.2) is 0 Å². The third kappa shape index (κ3) is 4.91. The minimum atomic E-state index is -5.78. The van der Waals surface area contributed by atoms with Crippen molar-refractivity contribution >= 4 is 12.0 Å². The molecule has 0 heterocycles. The first-order valence-electron chi connectivity index (χ1n) is 5.76. The Bertz CT molecular complexity index is 646. The van der Waals surface area contributed by atoms with Gasteiger partial charge in [-0.05, 0) is 23.8 Å². The van der Waals surface area contributed by atoms with Gasteiger partial charge < -0.3 is 10.5 Å². The second kappa shape index (κ2) is 6.60. The van der Waals surface area contributed by atoms with Crippen LogP contribution in [0.25, 0.3) is 6.08 Å². The van der Waals surface area contributed by atoms with E-state index in [1.54, 1.807) is 0 Å². The largest absolute Gasteiger partial charge is 0.439 e. The summed E-state index contributed by atoms with van der Waals surface area (Å²) >= 11 is 0. The molecular formula is C13H8F6N2O2. The second-order valence-corrected chi connectivity index (χ2v) is 4.17. The van der Waals surface area contributed by atoms with Crippen LogP contribution < -0.4 is 10.5 Å². The van der Waals surface area contributed by atoms with Crippen molar-refractivity contribution < 1.29 is 35.9 Å². The van der Waals surface area contributed by atoms with Crippen molar-refractivity contribution in [2.24, 2.45) is 5.73 Å². The fraction of sp³-hybridized carbons (Fsp3) is 0.231. The fourth-order valence-electron chi connectivity index (χ4n) is 1.36. The number of primary amides is 1. The van der Waals surface area contributed by atoms with Crippen LogP contribution in [0.2, 0.25) is 0 Å². The number of hydrogen-bond donors (Lipinski definition) is 1. The summed E-state index contributed by atoms with van der Waals surface area (Å²) in [6, 6.07) is 5.26. The molecule has 0 saturated heterocycles. The Morgan fingerprint density at radius 1 is 1.22 bits per heavy atom. The normalized spacial score (nSPS) is 14.0. The zero-order valence-corrected chi connectivity index (χ0v) is 11.1. The minimum absolute atomic E-state index is 0.170. The molecule has 0 spiro atoms. The maximum atomic E-state index is 13.0. The number of amides is 1. The lowest BCUT2D eigenvalue weighted by atomic mass is 10.1. The predicted molar refractivity (Wildman–Crippen MR) is 65.8 cm³/mol. The molecule has 0 aromatic heterocycles. The number of nitriles is 1. The summed E-state index contributed by atoms with van der Waals surface area (Å²) in [5, 5.41) is 8.61. The Kier molecular flexibility index (Phi) is 5.26. The van der Waals surface area contributed by atoms with Gasteiger partial charge in [0.2, 0.25) is 0 Å². The molecule has 0 fully saturated rings. The number of nitrogens with zero attached hydrogens (tertiary/aromatic N) is 1. The molecule has 0 aliphatic heterocycles. The van der Waals surface area contributed by atoms with Gasteiger partial charge in [0.1, 0.15) is 17.4 Å². The van der Waals surface area contributed by atoms with Crippen LogP contribution >= 0.6 is 0 Å². The summed E-state index contributed by atoms with van der Waals surface area (Å²) in [6.07, 6.45) is -14.4. The highest BCUT2D eigenvalue weighted by Crippen LogP contribution is 2.36. The van der Waals surface area contributed by atoms with E-state index in [2.05, 4.69) is 4.74 Å². The Labute approximate surface area is 125 Å². The molecule has 1 amide bonds. The van der Waals surface area contributed by atoms with Crippen LogP contribution in [-0.2, 0) is 4.79 Å². The van der Waals surface area contributed by atoms with Crippen molar-refractivity contribution in [3.63, 3.8) is 0 Å². The molecule has 1 atom stereocenters. The van der Waals surface area contributed by atoms with Gasteiger partial charge in [-0.3, -0.25) is 4.79 Å². The number of carbonyl (C=O) groups excluding carboxylic acids is 1. The number of ether oxygens (including phenoxy) is 1. The lowest BCUT2D eigenvalue weighted by Gasteiger charge is -2.23. The lowest BCUT2D eigenvalue weighted by Crippen LogP contribution is -2.45. The van der Waals surface area contributed by atoms with Crippen molar-refractivity contribution in [3.05, 3.63) is 35.4 Å². The van der Waals surface area contributed by atoms with E-state index < -0.39 is 35.7 Å². The predicted octanol–water partition coefficient (Wildman–Crippen LogP) is 2.95. The van der Waals surface area contributed by atoms with E-state index in [4.69, 9.17) is 11.0 Å². The highest BCUT2D eigenvalue weighted by Gasteiger charge is 2.59. The number of nitrogens with two attached hydrogens (primary N) is 1. The second-order valence-electron chi connectivity index (χ2n) is 4.17. The maximum Gasteiger partial charge on any atom is 0.439 e. The molecule has 10 heteroatoms. The standard InChI is InChI=1S/C13H8F6N2O2/c14-11(12(15,16)17)13(18,19)23-9-3-1-7(2-4-9)5-8(6-20)10(21)22/h1-5,11H,(H2,21,22)/b8-5+/t11-/m0/s1. The molecule has 0 aliphatic rings.